The Bertz CT molecular complexity index is 954. The highest BCUT2D eigenvalue weighted by molar-refractivity contribution is 7.88. The molecule has 0 radical (unpaired) electrons. The summed E-state index contributed by atoms with van der Waals surface area (Å²) in [4.78, 5) is 12.9. The molecular formula is C24H32N2O3S. The average molecular weight is 429 g/mol. The van der Waals surface area contributed by atoms with Crippen molar-refractivity contribution in [1.29, 1.82) is 0 Å². The van der Waals surface area contributed by atoms with Crippen LogP contribution in [-0.4, -0.2) is 31.7 Å². The zero-order chi connectivity index (χ0) is 21.7. The maximum atomic E-state index is 12.9. The Morgan fingerprint density at radius 1 is 1.00 bits per heavy atom. The zero-order valence-corrected chi connectivity index (χ0v) is 19.0. The van der Waals surface area contributed by atoms with Gasteiger partial charge in [-0.05, 0) is 49.3 Å². The van der Waals surface area contributed by atoms with Gasteiger partial charge in [-0.1, -0.05) is 61.9 Å². The smallest absolute Gasteiger partial charge is 0.227 e. The highest BCUT2D eigenvalue weighted by Crippen LogP contribution is 2.27. The molecule has 5 nitrogen and oxygen atoms in total. The SMILES string of the molecule is CCc1cccc(CC)c1NC(=O)C1CCN(S(=O)(=O)Cc2ccc(C)cc2)CC1. The first-order valence-electron chi connectivity index (χ1n) is 10.8. The Labute approximate surface area is 180 Å². The third kappa shape index (κ3) is 5.29. The van der Waals surface area contributed by atoms with Crippen molar-refractivity contribution >= 4 is 21.6 Å². The number of hydrogen-bond donors (Lipinski definition) is 1. The highest BCUT2D eigenvalue weighted by Gasteiger charge is 2.31. The predicted molar refractivity (Wildman–Crippen MR) is 122 cm³/mol. The van der Waals surface area contributed by atoms with Crippen LogP contribution in [0.5, 0.6) is 0 Å². The molecule has 6 heteroatoms. The van der Waals surface area contributed by atoms with E-state index in [2.05, 4.69) is 31.3 Å². The van der Waals surface area contributed by atoms with Gasteiger partial charge in [0.1, 0.15) is 0 Å². The summed E-state index contributed by atoms with van der Waals surface area (Å²) in [5.41, 5.74) is 5.12. The zero-order valence-electron chi connectivity index (χ0n) is 18.1. The van der Waals surface area contributed by atoms with Crippen LogP contribution in [-0.2, 0) is 33.4 Å². The second-order valence-corrected chi connectivity index (χ2v) is 10.0. The Morgan fingerprint density at radius 2 is 1.57 bits per heavy atom. The van der Waals surface area contributed by atoms with Crippen molar-refractivity contribution < 1.29 is 13.2 Å². The van der Waals surface area contributed by atoms with Crippen LogP contribution in [0.4, 0.5) is 5.69 Å². The quantitative estimate of drug-likeness (QED) is 0.715. The summed E-state index contributed by atoms with van der Waals surface area (Å²) in [5, 5.41) is 3.14. The van der Waals surface area contributed by atoms with Crippen LogP contribution in [0, 0.1) is 12.8 Å². The van der Waals surface area contributed by atoms with Gasteiger partial charge >= 0.3 is 0 Å². The van der Waals surface area contributed by atoms with Gasteiger partial charge in [0.15, 0.2) is 0 Å². The molecule has 1 aliphatic rings. The summed E-state index contributed by atoms with van der Waals surface area (Å²) in [7, 11) is -3.38. The Balaban J connectivity index is 1.61. The maximum Gasteiger partial charge on any atom is 0.227 e. The van der Waals surface area contributed by atoms with Gasteiger partial charge < -0.3 is 5.32 Å². The van der Waals surface area contributed by atoms with Gasteiger partial charge in [0, 0.05) is 24.7 Å². The molecular weight excluding hydrogens is 396 g/mol. The first-order valence-corrected chi connectivity index (χ1v) is 12.4. The van der Waals surface area contributed by atoms with E-state index in [-0.39, 0.29) is 17.6 Å². The van der Waals surface area contributed by atoms with Crippen molar-refractivity contribution in [1.82, 2.24) is 4.31 Å². The summed E-state index contributed by atoms with van der Waals surface area (Å²) in [6.45, 7) is 6.94. The van der Waals surface area contributed by atoms with E-state index in [4.69, 9.17) is 0 Å². The maximum absolute atomic E-state index is 12.9. The molecule has 3 rings (SSSR count). The number of aryl methyl sites for hydroxylation is 3. The minimum Gasteiger partial charge on any atom is -0.325 e. The number of amides is 1. The molecule has 0 aromatic heterocycles. The number of nitrogens with one attached hydrogen (secondary N) is 1. The second kappa shape index (κ2) is 9.75. The van der Waals surface area contributed by atoms with Crippen LogP contribution in [0.15, 0.2) is 42.5 Å². The van der Waals surface area contributed by atoms with Gasteiger partial charge in [-0.3, -0.25) is 4.79 Å². The van der Waals surface area contributed by atoms with Crippen molar-refractivity contribution in [3.8, 4) is 0 Å². The van der Waals surface area contributed by atoms with Crippen LogP contribution in [0.25, 0.3) is 0 Å². The number of hydrogen-bond acceptors (Lipinski definition) is 3. The van der Waals surface area contributed by atoms with Crippen molar-refractivity contribution in [2.45, 2.75) is 52.2 Å². The number of benzene rings is 2. The second-order valence-electron chi connectivity index (χ2n) is 8.06. The lowest BCUT2D eigenvalue weighted by atomic mass is 9.96. The molecule has 1 heterocycles. The molecule has 2 aromatic rings. The van der Waals surface area contributed by atoms with Gasteiger partial charge in [0.2, 0.25) is 15.9 Å². The monoisotopic (exact) mass is 428 g/mol. The van der Waals surface area contributed by atoms with Gasteiger partial charge in [0.25, 0.3) is 0 Å². The summed E-state index contributed by atoms with van der Waals surface area (Å²) < 4.78 is 27.1. The normalized spacial score (nSPS) is 15.8. The molecule has 0 saturated carbocycles. The molecule has 0 aliphatic carbocycles. The van der Waals surface area contributed by atoms with Crippen LogP contribution >= 0.6 is 0 Å². The third-order valence-electron chi connectivity index (χ3n) is 5.93. The number of carbonyl (C=O) groups excluding carboxylic acids is 1. The topological polar surface area (TPSA) is 66.5 Å². The number of carbonyl (C=O) groups is 1. The number of piperidine rings is 1. The summed E-state index contributed by atoms with van der Waals surface area (Å²) in [5.74, 6) is -0.153. The van der Waals surface area contributed by atoms with Gasteiger partial charge in [-0.25, -0.2) is 12.7 Å². The summed E-state index contributed by atoms with van der Waals surface area (Å²) in [6.07, 6.45) is 2.82. The molecule has 162 valence electrons. The molecule has 0 bridgehead atoms. The number of sulfonamides is 1. The summed E-state index contributed by atoms with van der Waals surface area (Å²) >= 11 is 0. The van der Waals surface area contributed by atoms with E-state index >= 15 is 0 Å². The van der Waals surface area contributed by atoms with E-state index in [1.54, 1.807) is 0 Å². The molecule has 1 aliphatic heterocycles. The average Bonchev–Trinajstić information content (AvgIpc) is 2.75. The van der Waals surface area contributed by atoms with E-state index in [1.165, 1.54) is 4.31 Å². The van der Waals surface area contributed by atoms with Crippen LogP contribution in [0.2, 0.25) is 0 Å². The first kappa shape index (κ1) is 22.5. The van der Waals surface area contributed by atoms with Crippen LogP contribution in [0.1, 0.15) is 48.9 Å². The Morgan fingerprint density at radius 3 is 2.10 bits per heavy atom. The molecule has 1 N–H and O–H groups in total. The molecule has 0 atom stereocenters. The number of rotatable bonds is 7. The fraction of sp³-hybridized carbons (Fsp3) is 0.458. The first-order chi connectivity index (χ1) is 14.3. The van der Waals surface area contributed by atoms with E-state index in [1.807, 2.05) is 37.3 Å². The summed E-state index contributed by atoms with van der Waals surface area (Å²) in [6, 6.07) is 13.7. The largest absolute Gasteiger partial charge is 0.325 e. The van der Waals surface area contributed by atoms with Crippen LogP contribution < -0.4 is 5.32 Å². The van der Waals surface area contributed by atoms with Gasteiger partial charge in [-0.2, -0.15) is 0 Å². The molecule has 2 aromatic carbocycles. The number of anilines is 1. The fourth-order valence-corrected chi connectivity index (χ4v) is 5.57. The predicted octanol–water partition coefficient (Wildman–Crippen LogP) is 4.30. The minimum absolute atomic E-state index is 0.00109. The lowest BCUT2D eigenvalue weighted by Crippen LogP contribution is -2.42. The van der Waals surface area contributed by atoms with E-state index in [0.29, 0.717) is 25.9 Å². The van der Waals surface area contributed by atoms with Gasteiger partial charge in [-0.15, -0.1) is 0 Å². The van der Waals surface area contributed by atoms with E-state index in [0.717, 1.165) is 40.8 Å². The fourth-order valence-electron chi connectivity index (χ4n) is 4.01. The molecule has 30 heavy (non-hydrogen) atoms. The number of nitrogens with zero attached hydrogens (tertiary/aromatic N) is 1. The lowest BCUT2D eigenvalue weighted by Gasteiger charge is -2.31. The minimum atomic E-state index is -3.38. The van der Waals surface area contributed by atoms with Crippen molar-refractivity contribution in [2.75, 3.05) is 18.4 Å². The van der Waals surface area contributed by atoms with Crippen molar-refractivity contribution in [2.24, 2.45) is 5.92 Å². The molecule has 0 unspecified atom stereocenters. The van der Waals surface area contributed by atoms with Gasteiger partial charge in [0.05, 0.1) is 5.75 Å². The molecule has 1 saturated heterocycles. The molecule has 1 amide bonds. The Kier molecular flexibility index (Phi) is 7.32. The lowest BCUT2D eigenvalue weighted by molar-refractivity contribution is -0.120. The van der Waals surface area contributed by atoms with E-state index < -0.39 is 10.0 Å². The van der Waals surface area contributed by atoms with Crippen molar-refractivity contribution in [3.05, 3.63) is 64.7 Å². The van der Waals surface area contributed by atoms with Crippen LogP contribution in [0.3, 0.4) is 0 Å². The third-order valence-corrected chi connectivity index (χ3v) is 7.78. The Hall–Kier alpha value is -2.18. The van der Waals surface area contributed by atoms with E-state index in [9.17, 15) is 13.2 Å². The molecule has 0 spiro atoms. The van der Waals surface area contributed by atoms with Crippen molar-refractivity contribution in [3.63, 3.8) is 0 Å². The highest BCUT2D eigenvalue weighted by atomic mass is 32.2. The number of para-hydroxylation sites is 1. The molecule has 1 fully saturated rings. The standard InChI is InChI=1S/C24H32N2O3S/c1-4-20-7-6-8-21(5-2)23(20)25-24(27)22-13-15-26(16-14-22)30(28,29)17-19-11-9-18(3)10-12-19/h6-12,22H,4-5,13-17H2,1-3H3,(H,25,27).